The summed E-state index contributed by atoms with van der Waals surface area (Å²) in [6.07, 6.45) is 2.29. The Morgan fingerprint density at radius 2 is 2.00 bits per heavy atom. The molecule has 1 fully saturated rings. The van der Waals surface area contributed by atoms with Crippen molar-refractivity contribution in [3.63, 3.8) is 0 Å². The van der Waals surface area contributed by atoms with Crippen LogP contribution in [0.25, 0.3) is 0 Å². The SMILES string of the molecule is Cc1ccsc1C(=O)Oc1cc(Cl)nnc1Oc1c(C)cccc1C1CC1. The summed E-state index contributed by atoms with van der Waals surface area (Å²) in [5.41, 5.74) is 2.98. The molecular formula is C20H17ClN2O3S. The van der Waals surface area contributed by atoms with Crippen LogP contribution in [0.4, 0.5) is 0 Å². The maximum Gasteiger partial charge on any atom is 0.354 e. The number of aromatic nitrogens is 2. The standard InChI is InChI=1S/C20H17ClN2O3S/c1-11-4-3-5-14(13-6-7-13)17(11)26-19-15(10-16(21)22-23-19)25-20(24)18-12(2)8-9-27-18/h3-5,8-10,13H,6-7H2,1-2H3. The lowest BCUT2D eigenvalue weighted by Crippen LogP contribution is -2.10. The third-order valence-corrected chi connectivity index (χ3v) is 5.59. The van der Waals surface area contributed by atoms with Gasteiger partial charge in [0.1, 0.15) is 10.6 Å². The third-order valence-electron chi connectivity index (χ3n) is 4.41. The summed E-state index contributed by atoms with van der Waals surface area (Å²) in [7, 11) is 0. The maximum absolute atomic E-state index is 12.5. The van der Waals surface area contributed by atoms with Crippen molar-refractivity contribution in [1.29, 1.82) is 0 Å². The minimum atomic E-state index is -0.469. The van der Waals surface area contributed by atoms with Gasteiger partial charge in [-0.15, -0.1) is 21.5 Å². The second kappa shape index (κ2) is 7.29. The van der Waals surface area contributed by atoms with E-state index in [-0.39, 0.29) is 16.8 Å². The average Bonchev–Trinajstić information content (AvgIpc) is 3.39. The quantitative estimate of drug-likeness (QED) is 0.514. The largest absolute Gasteiger partial charge is 0.434 e. The van der Waals surface area contributed by atoms with Crippen molar-refractivity contribution in [2.45, 2.75) is 32.6 Å². The molecule has 7 heteroatoms. The molecule has 1 aliphatic carbocycles. The van der Waals surface area contributed by atoms with Crippen molar-refractivity contribution >= 4 is 28.9 Å². The predicted molar refractivity (Wildman–Crippen MR) is 104 cm³/mol. The number of benzene rings is 1. The van der Waals surface area contributed by atoms with Crippen molar-refractivity contribution < 1.29 is 14.3 Å². The zero-order valence-corrected chi connectivity index (χ0v) is 16.4. The van der Waals surface area contributed by atoms with E-state index in [0.717, 1.165) is 35.3 Å². The fourth-order valence-corrected chi connectivity index (χ4v) is 3.78. The first-order valence-corrected chi connectivity index (χ1v) is 9.85. The summed E-state index contributed by atoms with van der Waals surface area (Å²) in [4.78, 5) is 13.0. The van der Waals surface area contributed by atoms with Crippen LogP contribution in [-0.2, 0) is 0 Å². The molecule has 5 nitrogen and oxygen atoms in total. The lowest BCUT2D eigenvalue weighted by Gasteiger charge is -2.14. The highest BCUT2D eigenvalue weighted by molar-refractivity contribution is 7.12. The lowest BCUT2D eigenvalue weighted by molar-refractivity contribution is 0.0733. The molecule has 0 spiro atoms. The van der Waals surface area contributed by atoms with E-state index >= 15 is 0 Å². The van der Waals surface area contributed by atoms with Gasteiger partial charge in [-0.2, -0.15) is 0 Å². The highest BCUT2D eigenvalue weighted by Crippen LogP contribution is 2.46. The second-order valence-corrected chi connectivity index (χ2v) is 7.83. The molecule has 138 valence electrons. The summed E-state index contributed by atoms with van der Waals surface area (Å²) >= 11 is 7.29. The molecule has 0 aliphatic heterocycles. The van der Waals surface area contributed by atoms with Crippen molar-refractivity contribution in [3.05, 3.63) is 62.4 Å². The van der Waals surface area contributed by atoms with Crippen LogP contribution in [-0.4, -0.2) is 16.2 Å². The van der Waals surface area contributed by atoms with Gasteiger partial charge in [0.15, 0.2) is 10.9 Å². The van der Waals surface area contributed by atoms with E-state index < -0.39 is 5.97 Å². The Bertz CT molecular complexity index is 1010. The topological polar surface area (TPSA) is 61.3 Å². The molecule has 0 radical (unpaired) electrons. The van der Waals surface area contributed by atoms with Gasteiger partial charge < -0.3 is 9.47 Å². The molecule has 3 aromatic rings. The van der Waals surface area contributed by atoms with Gasteiger partial charge in [0.05, 0.1) is 0 Å². The van der Waals surface area contributed by atoms with Crippen LogP contribution in [0, 0.1) is 13.8 Å². The lowest BCUT2D eigenvalue weighted by atomic mass is 10.1. The van der Waals surface area contributed by atoms with Gasteiger partial charge >= 0.3 is 5.97 Å². The third kappa shape index (κ3) is 3.82. The highest BCUT2D eigenvalue weighted by Gasteiger charge is 2.28. The van der Waals surface area contributed by atoms with Crippen LogP contribution in [0.5, 0.6) is 17.4 Å². The van der Waals surface area contributed by atoms with E-state index in [1.165, 1.54) is 17.4 Å². The molecule has 0 amide bonds. The fourth-order valence-electron chi connectivity index (χ4n) is 2.84. The molecule has 2 aromatic heterocycles. The van der Waals surface area contributed by atoms with Gasteiger partial charge in [0.2, 0.25) is 0 Å². The van der Waals surface area contributed by atoms with Crippen molar-refractivity contribution in [3.8, 4) is 17.4 Å². The normalized spacial score (nSPS) is 13.4. The second-order valence-electron chi connectivity index (χ2n) is 6.53. The zero-order chi connectivity index (χ0) is 19.0. The number of para-hydroxylation sites is 1. The number of rotatable bonds is 5. The van der Waals surface area contributed by atoms with Gasteiger partial charge in [-0.3, -0.25) is 0 Å². The number of esters is 1. The Hall–Kier alpha value is -2.44. The molecule has 0 atom stereocenters. The molecule has 0 N–H and O–H groups in total. The molecule has 1 saturated carbocycles. The predicted octanol–water partition coefficient (Wildman–Crippen LogP) is 5.70. The van der Waals surface area contributed by atoms with E-state index in [4.69, 9.17) is 21.1 Å². The van der Waals surface area contributed by atoms with E-state index in [1.807, 2.05) is 37.4 Å². The number of ether oxygens (including phenoxy) is 2. The molecule has 0 bridgehead atoms. The summed E-state index contributed by atoms with van der Waals surface area (Å²) < 4.78 is 11.6. The number of halogens is 1. The number of hydrogen-bond acceptors (Lipinski definition) is 6. The first-order valence-electron chi connectivity index (χ1n) is 8.60. The molecule has 4 rings (SSSR count). The molecular weight excluding hydrogens is 384 g/mol. The molecule has 0 unspecified atom stereocenters. The highest BCUT2D eigenvalue weighted by atomic mass is 35.5. The van der Waals surface area contributed by atoms with Gasteiger partial charge in [-0.25, -0.2) is 4.79 Å². The number of hydrogen-bond donors (Lipinski definition) is 0. The van der Waals surface area contributed by atoms with Crippen LogP contribution in [0.1, 0.15) is 45.1 Å². The Kier molecular flexibility index (Phi) is 4.85. The number of carbonyl (C=O) groups is 1. The van der Waals surface area contributed by atoms with Crippen LogP contribution in [0.15, 0.2) is 35.7 Å². The average molecular weight is 401 g/mol. The molecule has 1 aliphatic rings. The molecule has 27 heavy (non-hydrogen) atoms. The Morgan fingerprint density at radius 1 is 1.19 bits per heavy atom. The number of aryl methyl sites for hydroxylation is 2. The van der Waals surface area contributed by atoms with Crippen LogP contribution in [0.3, 0.4) is 0 Å². The summed E-state index contributed by atoms with van der Waals surface area (Å²) in [6.45, 7) is 3.84. The fraction of sp³-hybridized carbons (Fsp3) is 0.250. The minimum Gasteiger partial charge on any atom is -0.434 e. The Balaban J connectivity index is 1.67. The first kappa shape index (κ1) is 17.9. The van der Waals surface area contributed by atoms with Gasteiger partial charge in [0.25, 0.3) is 5.88 Å². The maximum atomic E-state index is 12.5. The molecule has 2 heterocycles. The van der Waals surface area contributed by atoms with Gasteiger partial charge in [-0.05, 0) is 60.7 Å². The van der Waals surface area contributed by atoms with Crippen molar-refractivity contribution in [2.75, 3.05) is 0 Å². The Morgan fingerprint density at radius 3 is 2.70 bits per heavy atom. The summed E-state index contributed by atoms with van der Waals surface area (Å²) in [5.74, 6) is 1.04. The molecule has 1 aromatic carbocycles. The zero-order valence-electron chi connectivity index (χ0n) is 14.9. The smallest absolute Gasteiger partial charge is 0.354 e. The monoisotopic (exact) mass is 400 g/mol. The summed E-state index contributed by atoms with van der Waals surface area (Å²) in [6, 6.07) is 9.37. The van der Waals surface area contributed by atoms with Crippen LogP contribution >= 0.6 is 22.9 Å². The van der Waals surface area contributed by atoms with E-state index in [1.54, 1.807) is 0 Å². The van der Waals surface area contributed by atoms with E-state index in [9.17, 15) is 4.79 Å². The van der Waals surface area contributed by atoms with Gasteiger partial charge in [-0.1, -0.05) is 29.8 Å². The number of carbonyl (C=O) groups excluding carboxylic acids is 1. The van der Waals surface area contributed by atoms with E-state index in [0.29, 0.717) is 10.8 Å². The first-order chi connectivity index (χ1) is 13.0. The van der Waals surface area contributed by atoms with Crippen LogP contribution < -0.4 is 9.47 Å². The van der Waals surface area contributed by atoms with Gasteiger partial charge in [0, 0.05) is 6.07 Å². The Labute approximate surface area is 165 Å². The van der Waals surface area contributed by atoms with Crippen molar-refractivity contribution in [2.24, 2.45) is 0 Å². The van der Waals surface area contributed by atoms with Crippen LogP contribution in [0.2, 0.25) is 5.15 Å². The summed E-state index contributed by atoms with van der Waals surface area (Å²) in [5, 5.41) is 9.83. The number of nitrogens with zero attached hydrogens (tertiary/aromatic N) is 2. The van der Waals surface area contributed by atoms with E-state index in [2.05, 4.69) is 16.3 Å². The minimum absolute atomic E-state index is 0.123. The van der Waals surface area contributed by atoms with Crippen molar-refractivity contribution in [1.82, 2.24) is 10.2 Å². The number of thiophene rings is 1. The molecule has 0 saturated heterocycles.